The molecule has 3 aromatic rings. The minimum atomic E-state index is -0.737. The van der Waals surface area contributed by atoms with Crippen LogP contribution in [0.3, 0.4) is 0 Å². The lowest BCUT2D eigenvalue weighted by atomic mass is 10.2. The summed E-state index contributed by atoms with van der Waals surface area (Å²) in [4.78, 5) is 35.0. The lowest BCUT2D eigenvalue weighted by molar-refractivity contribution is -0.380. The van der Waals surface area contributed by atoms with E-state index in [-0.39, 0.29) is 22.2 Å². The predicted octanol–water partition coefficient (Wildman–Crippen LogP) is 4.88. The molecule has 148 valence electrons. The molecule has 8 nitrogen and oxygen atoms in total. The first-order chi connectivity index (χ1) is 14.0. The number of nitro groups is 1. The van der Waals surface area contributed by atoms with E-state index in [4.69, 9.17) is 9.47 Å². The van der Waals surface area contributed by atoms with Crippen molar-refractivity contribution in [1.82, 2.24) is 0 Å². The van der Waals surface area contributed by atoms with Gasteiger partial charge in [-0.15, -0.1) is 0 Å². The summed E-state index contributed by atoms with van der Waals surface area (Å²) in [5.74, 6) is -0.0429. The molecule has 0 spiro atoms. The second-order valence-corrected chi connectivity index (χ2v) is 6.73. The number of para-hydroxylation sites is 1. The van der Waals surface area contributed by atoms with E-state index in [0.29, 0.717) is 28.4 Å². The van der Waals surface area contributed by atoms with Crippen molar-refractivity contribution in [2.45, 2.75) is 6.92 Å². The summed E-state index contributed by atoms with van der Waals surface area (Å²) in [6, 6.07) is 16.6. The molecule has 1 amide bonds. The molecule has 3 rings (SSSR count). The normalized spacial score (nSPS) is 10.2. The fourth-order valence-electron chi connectivity index (χ4n) is 2.40. The zero-order valence-electron chi connectivity index (χ0n) is 15.3. The molecule has 9 heteroatoms. The fourth-order valence-corrected chi connectivity index (χ4v) is 3.25. The minimum absolute atomic E-state index is 0.0547. The molecule has 0 atom stereocenters. The summed E-state index contributed by atoms with van der Waals surface area (Å²) in [5.41, 5.74) is 0.247. The molecular formula is C20H16N2O6S. The van der Waals surface area contributed by atoms with E-state index in [1.165, 1.54) is 0 Å². The number of ether oxygens (including phenoxy) is 2. The molecule has 0 saturated carbocycles. The van der Waals surface area contributed by atoms with Gasteiger partial charge in [-0.25, -0.2) is 4.79 Å². The Morgan fingerprint density at radius 1 is 1.07 bits per heavy atom. The van der Waals surface area contributed by atoms with Gasteiger partial charge in [0.25, 0.3) is 5.91 Å². The van der Waals surface area contributed by atoms with E-state index >= 15 is 0 Å². The highest BCUT2D eigenvalue weighted by molar-refractivity contribution is 7.19. The van der Waals surface area contributed by atoms with Crippen molar-refractivity contribution in [3.05, 3.63) is 81.9 Å². The van der Waals surface area contributed by atoms with Crippen molar-refractivity contribution in [3.63, 3.8) is 0 Å². The monoisotopic (exact) mass is 412 g/mol. The summed E-state index contributed by atoms with van der Waals surface area (Å²) in [5, 5.41) is 13.4. The second kappa shape index (κ2) is 8.98. The van der Waals surface area contributed by atoms with Gasteiger partial charge in [0.1, 0.15) is 22.1 Å². The summed E-state index contributed by atoms with van der Waals surface area (Å²) in [6.45, 7) is 1.73. The van der Waals surface area contributed by atoms with Gasteiger partial charge < -0.3 is 14.8 Å². The maximum absolute atomic E-state index is 12.5. The molecule has 0 aliphatic carbocycles. The number of nitrogens with zero attached hydrogens (tertiary/aromatic N) is 1. The highest BCUT2D eigenvalue weighted by Gasteiger charge is 2.24. The van der Waals surface area contributed by atoms with Crippen molar-refractivity contribution >= 4 is 33.2 Å². The maximum atomic E-state index is 12.5. The van der Waals surface area contributed by atoms with Crippen molar-refractivity contribution in [2.24, 2.45) is 0 Å². The van der Waals surface area contributed by atoms with Gasteiger partial charge in [-0.05, 0) is 54.7 Å². The minimum Gasteiger partial charge on any atom is -0.462 e. The third-order valence-electron chi connectivity index (χ3n) is 3.72. The topological polar surface area (TPSA) is 108 Å². The van der Waals surface area contributed by atoms with Gasteiger partial charge >= 0.3 is 11.0 Å². The average Bonchev–Trinajstić information content (AvgIpc) is 3.14. The van der Waals surface area contributed by atoms with E-state index in [1.807, 2.05) is 18.2 Å². The number of carbonyl (C=O) groups is 2. The number of nitrogens with one attached hydrogen (secondary N) is 1. The number of benzene rings is 2. The van der Waals surface area contributed by atoms with Crippen LogP contribution in [0.4, 0.5) is 10.0 Å². The zero-order chi connectivity index (χ0) is 20.8. The number of hydrogen-bond donors (Lipinski definition) is 1. The lowest BCUT2D eigenvalue weighted by Gasteiger charge is -2.08. The molecule has 1 N–H and O–H groups in total. The van der Waals surface area contributed by atoms with Crippen molar-refractivity contribution < 1.29 is 24.0 Å². The van der Waals surface area contributed by atoms with Crippen LogP contribution >= 0.6 is 11.3 Å². The van der Waals surface area contributed by atoms with Gasteiger partial charge in [0.2, 0.25) is 0 Å². The first kappa shape index (κ1) is 20.0. The van der Waals surface area contributed by atoms with Gasteiger partial charge in [-0.2, -0.15) is 0 Å². The Balaban J connectivity index is 1.76. The molecule has 0 unspecified atom stereocenters. The summed E-state index contributed by atoms with van der Waals surface area (Å²) < 4.78 is 10.6. The Bertz CT molecular complexity index is 1030. The van der Waals surface area contributed by atoms with Crippen LogP contribution in [0.25, 0.3) is 0 Å². The Morgan fingerprint density at radius 3 is 2.34 bits per heavy atom. The third-order valence-corrected chi connectivity index (χ3v) is 4.72. The standard InChI is InChI=1S/C20H16N2O6S/c1-2-27-20(24)16-12-17(22(25)26)29-19(16)21-18(23)13-8-10-15(11-9-13)28-14-6-4-3-5-7-14/h3-12H,2H2,1H3,(H,21,23). The number of amides is 1. The fraction of sp³-hybridized carbons (Fsp3) is 0.100. The van der Waals surface area contributed by atoms with Crippen LogP contribution in [0.5, 0.6) is 11.5 Å². The molecule has 1 aromatic heterocycles. The highest BCUT2D eigenvalue weighted by Crippen LogP contribution is 2.34. The van der Waals surface area contributed by atoms with Gasteiger partial charge in [-0.1, -0.05) is 18.2 Å². The maximum Gasteiger partial charge on any atom is 0.341 e. The van der Waals surface area contributed by atoms with Crippen LogP contribution < -0.4 is 10.1 Å². The van der Waals surface area contributed by atoms with Gasteiger partial charge in [0.05, 0.1) is 11.5 Å². The number of anilines is 1. The summed E-state index contributed by atoms with van der Waals surface area (Å²) >= 11 is 0.693. The van der Waals surface area contributed by atoms with Crippen LogP contribution in [0, 0.1) is 10.1 Å². The molecule has 0 aliphatic rings. The first-order valence-electron chi connectivity index (χ1n) is 8.57. The molecule has 2 aromatic carbocycles. The van der Waals surface area contributed by atoms with Crippen molar-refractivity contribution in [1.29, 1.82) is 0 Å². The molecule has 0 bridgehead atoms. The largest absolute Gasteiger partial charge is 0.462 e. The van der Waals surface area contributed by atoms with Crippen molar-refractivity contribution in [2.75, 3.05) is 11.9 Å². The quantitative estimate of drug-likeness (QED) is 0.337. The van der Waals surface area contributed by atoms with Crippen LogP contribution in [0.2, 0.25) is 0 Å². The molecule has 1 heterocycles. The molecule has 0 saturated heterocycles. The molecule has 29 heavy (non-hydrogen) atoms. The van der Waals surface area contributed by atoms with E-state index in [0.717, 1.165) is 6.07 Å². The van der Waals surface area contributed by atoms with E-state index < -0.39 is 16.8 Å². The zero-order valence-corrected chi connectivity index (χ0v) is 16.1. The SMILES string of the molecule is CCOC(=O)c1cc([N+](=O)[O-])sc1NC(=O)c1ccc(Oc2ccccc2)cc1. The smallest absolute Gasteiger partial charge is 0.341 e. The Labute approximate surface area is 169 Å². The lowest BCUT2D eigenvalue weighted by Crippen LogP contribution is -2.14. The Kier molecular flexibility index (Phi) is 6.20. The van der Waals surface area contributed by atoms with Crippen LogP contribution in [0.1, 0.15) is 27.6 Å². The van der Waals surface area contributed by atoms with Crippen molar-refractivity contribution in [3.8, 4) is 11.5 Å². The van der Waals surface area contributed by atoms with E-state index in [2.05, 4.69) is 5.32 Å². The highest BCUT2D eigenvalue weighted by atomic mass is 32.1. The predicted molar refractivity (Wildman–Crippen MR) is 108 cm³/mol. The second-order valence-electron chi connectivity index (χ2n) is 5.70. The van der Waals surface area contributed by atoms with Crippen LogP contribution in [0.15, 0.2) is 60.7 Å². The first-order valence-corrected chi connectivity index (χ1v) is 9.39. The van der Waals surface area contributed by atoms with Gasteiger partial charge in [0.15, 0.2) is 0 Å². The number of carbonyl (C=O) groups excluding carboxylic acids is 2. The molecule has 0 fully saturated rings. The van der Waals surface area contributed by atoms with Gasteiger partial charge in [0, 0.05) is 11.6 Å². The third kappa shape index (κ3) is 4.96. The number of esters is 1. The Morgan fingerprint density at radius 2 is 1.72 bits per heavy atom. The number of rotatable bonds is 7. The average molecular weight is 412 g/mol. The van der Waals surface area contributed by atoms with E-state index in [1.54, 1.807) is 43.3 Å². The molecule has 0 aliphatic heterocycles. The summed E-state index contributed by atoms with van der Waals surface area (Å²) in [6.07, 6.45) is 0. The van der Waals surface area contributed by atoms with Crippen LogP contribution in [-0.2, 0) is 4.74 Å². The summed E-state index contributed by atoms with van der Waals surface area (Å²) in [7, 11) is 0. The molecule has 0 radical (unpaired) electrons. The number of thiophene rings is 1. The van der Waals surface area contributed by atoms with Gasteiger partial charge in [-0.3, -0.25) is 14.9 Å². The van der Waals surface area contributed by atoms with E-state index in [9.17, 15) is 19.7 Å². The number of hydrogen-bond acceptors (Lipinski definition) is 7. The van der Waals surface area contributed by atoms with Crippen LogP contribution in [-0.4, -0.2) is 23.4 Å². The molecular weight excluding hydrogens is 396 g/mol. The Hall–Kier alpha value is -3.72.